The zero-order chi connectivity index (χ0) is 17.2. The first-order chi connectivity index (χ1) is 11.7. The van der Waals surface area contributed by atoms with Crippen molar-refractivity contribution in [3.8, 4) is 0 Å². The van der Waals surface area contributed by atoms with Gasteiger partial charge in [0.25, 0.3) is 11.8 Å². The van der Waals surface area contributed by atoms with E-state index in [1.54, 1.807) is 36.0 Å². The number of hydrogen-bond donors (Lipinski definition) is 3. The highest BCUT2D eigenvalue weighted by atomic mass is 32.2. The maximum absolute atomic E-state index is 12.1. The average Bonchev–Trinajstić information content (AvgIpc) is 3.13. The van der Waals surface area contributed by atoms with Gasteiger partial charge < -0.3 is 20.5 Å². The Balaban J connectivity index is 1.78. The first-order valence-electron chi connectivity index (χ1n) is 8.20. The topological polar surface area (TPSA) is 87.7 Å². The molecule has 2 rings (SSSR count). The van der Waals surface area contributed by atoms with Crippen LogP contribution < -0.4 is 10.6 Å². The van der Waals surface area contributed by atoms with Crippen LogP contribution in [0.25, 0.3) is 0 Å². The summed E-state index contributed by atoms with van der Waals surface area (Å²) in [4.78, 5) is 24.2. The van der Waals surface area contributed by atoms with Crippen LogP contribution in [-0.4, -0.2) is 54.3 Å². The van der Waals surface area contributed by atoms with Crippen molar-refractivity contribution in [3.05, 3.63) is 29.8 Å². The smallest absolute Gasteiger partial charge is 0.253 e. The molecule has 1 heterocycles. The SMILES string of the molecule is O=C(NCCSCCCO)c1cccc(NC(=O)[C@@H]2CCCO2)c1. The molecule has 1 aliphatic heterocycles. The zero-order valence-electron chi connectivity index (χ0n) is 13.6. The molecule has 1 fully saturated rings. The standard InChI is InChI=1S/C17H24N2O4S/c20-8-3-10-24-11-7-18-16(21)13-4-1-5-14(12-13)19-17(22)15-6-2-9-23-15/h1,4-5,12,15,20H,2-3,6-11H2,(H,18,21)(H,19,22)/t15-/m0/s1. The summed E-state index contributed by atoms with van der Waals surface area (Å²) in [5, 5.41) is 14.3. The molecule has 1 saturated heterocycles. The summed E-state index contributed by atoms with van der Waals surface area (Å²) in [7, 11) is 0. The van der Waals surface area contributed by atoms with Gasteiger partial charge in [-0.2, -0.15) is 11.8 Å². The van der Waals surface area contributed by atoms with Crippen LogP contribution in [0.4, 0.5) is 5.69 Å². The molecule has 0 saturated carbocycles. The molecule has 132 valence electrons. The van der Waals surface area contributed by atoms with Crippen LogP contribution in [0.3, 0.4) is 0 Å². The van der Waals surface area contributed by atoms with Gasteiger partial charge in [-0.15, -0.1) is 0 Å². The molecule has 1 aliphatic rings. The van der Waals surface area contributed by atoms with Gasteiger partial charge >= 0.3 is 0 Å². The maximum Gasteiger partial charge on any atom is 0.253 e. The first-order valence-corrected chi connectivity index (χ1v) is 9.35. The quantitative estimate of drug-likeness (QED) is 0.588. The Morgan fingerprint density at radius 2 is 2.21 bits per heavy atom. The van der Waals surface area contributed by atoms with E-state index >= 15 is 0 Å². The summed E-state index contributed by atoms with van der Waals surface area (Å²) in [6.07, 6.45) is 2.01. The van der Waals surface area contributed by atoms with Crippen LogP contribution in [0.5, 0.6) is 0 Å². The Kier molecular flexibility index (Phi) is 8.07. The van der Waals surface area contributed by atoms with Crippen molar-refractivity contribution in [2.24, 2.45) is 0 Å². The van der Waals surface area contributed by atoms with Crippen molar-refractivity contribution in [3.63, 3.8) is 0 Å². The summed E-state index contributed by atoms with van der Waals surface area (Å²) < 4.78 is 5.35. The molecule has 0 aromatic heterocycles. The summed E-state index contributed by atoms with van der Waals surface area (Å²) in [6, 6.07) is 6.89. The molecule has 0 radical (unpaired) electrons. The first kappa shape index (κ1) is 18.8. The van der Waals surface area contributed by atoms with Crippen molar-refractivity contribution in [2.45, 2.75) is 25.4 Å². The number of anilines is 1. The fourth-order valence-electron chi connectivity index (χ4n) is 2.35. The minimum Gasteiger partial charge on any atom is -0.396 e. The van der Waals surface area contributed by atoms with E-state index in [0.717, 1.165) is 30.8 Å². The van der Waals surface area contributed by atoms with E-state index in [2.05, 4.69) is 10.6 Å². The molecule has 3 N–H and O–H groups in total. The van der Waals surface area contributed by atoms with E-state index in [1.165, 1.54) is 0 Å². The number of aliphatic hydroxyl groups is 1. The third-order valence-corrected chi connectivity index (χ3v) is 4.66. The summed E-state index contributed by atoms with van der Waals surface area (Å²) in [6.45, 7) is 1.39. The van der Waals surface area contributed by atoms with E-state index in [1.807, 2.05) is 0 Å². The largest absolute Gasteiger partial charge is 0.396 e. The van der Waals surface area contributed by atoms with Gasteiger partial charge in [0.15, 0.2) is 0 Å². The molecule has 6 nitrogen and oxygen atoms in total. The lowest BCUT2D eigenvalue weighted by Gasteiger charge is -2.11. The van der Waals surface area contributed by atoms with Crippen molar-refractivity contribution >= 4 is 29.3 Å². The monoisotopic (exact) mass is 352 g/mol. The lowest BCUT2D eigenvalue weighted by Crippen LogP contribution is -2.28. The molecule has 0 bridgehead atoms. The number of rotatable bonds is 9. The number of carbonyl (C=O) groups is 2. The minimum atomic E-state index is -0.390. The van der Waals surface area contributed by atoms with Crippen LogP contribution in [0.1, 0.15) is 29.6 Å². The normalized spacial score (nSPS) is 16.8. The van der Waals surface area contributed by atoms with Gasteiger partial charge in [-0.3, -0.25) is 9.59 Å². The molecule has 24 heavy (non-hydrogen) atoms. The maximum atomic E-state index is 12.1. The van der Waals surface area contributed by atoms with E-state index in [4.69, 9.17) is 9.84 Å². The second-order valence-corrected chi connectivity index (χ2v) is 6.74. The highest BCUT2D eigenvalue weighted by Crippen LogP contribution is 2.16. The summed E-state index contributed by atoms with van der Waals surface area (Å²) in [5.41, 5.74) is 1.11. The van der Waals surface area contributed by atoms with Crippen molar-refractivity contribution in [2.75, 3.05) is 36.6 Å². The van der Waals surface area contributed by atoms with Gasteiger partial charge in [-0.05, 0) is 43.2 Å². The minimum absolute atomic E-state index is 0.161. The predicted octanol–water partition coefficient (Wildman–Crippen LogP) is 1.65. The molecular weight excluding hydrogens is 328 g/mol. The second-order valence-electron chi connectivity index (χ2n) is 5.52. The van der Waals surface area contributed by atoms with E-state index in [0.29, 0.717) is 24.4 Å². The molecule has 1 atom stereocenters. The van der Waals surface area contributed by atoms with Gasteiger partial charge in [0.05, 0.1) is 0 Å². The van der Waals surface area contributed by atoms with Gasteiger partial charge in [-0.1, -0.05) is 6.07 Å². The number of nitrogens with one attached hydrogen (secondary N) is 2. The second kappa shape index (κ2) is 10.3. The predicted molar refractivity (Wildman–Crippen MR) is 95.4 cm³/mol. The number of thioether (sulfide) groups is 1. The summed E-state index contributed by atoms with van der Waals surface area (Å²) >= 11 is 1.70. The van der Waals surface area contributed by atoms with Gasteiger partial charge in [0.2, 0.25) is 0 Å². The molecule has 0 aliphatic carbocycles. The van der Waals surface area contributed by atoms with Crippen molar-refractivity contribution in [1.82, 2.24) is 5.32 Å². The van der Waals surface area contributed by atoms with E-state index in [-0.39, 0.29) is 18.4 Å². The van der Waals surface area contributed by atoms with E-state index < -0.39 is 6.10 Å². The number of benzene rings is 1. The third kappa shape index (κ3) is 6.14. The van der Waals surface area contributed by atoms with Gasteiger partial charge in [0, 0.05) is 36.8 Å². The molecular formula is C17H24N2O4S. The molecule has 0 unspecified atom stereocenters. The zero-order valence-corrected chi connectivity index (χ0v) is 14.4. The Morgan fingerprint density at radius 3 is 2.96 bits per heavy atom. The number of aliphatic hydroxyl groups excluding tert-OH is 1. The Bertz CT molecular complexity index is 547. The molecule has 1 aromatic carbocycles. The molecule has 1 aromatic rings. The molecule has 2 amide bonds. The number of amides is 2. The highest BCUT2D eigenvalue weighted by Gasteiger charge is 2.23. The van der Waals surface area contributed by atoms with Crippen LogP contribution in [0.2, 0.25) is 0 Å². The van der Waals surface area contributed by atoms with Crippen LogP contribution in [0, 0.1) is 0 Å². The highest BCUT2D eigenvalue weighted by molar-refractivity contribution is 7.99. The Morgan fingerprint density at radius 1 is 1.33 bits per heavy atom. The Labute approximate surface area is 146 Å². The van der Waals surface area contributed by atoms with Gasteiger partial charge in [0.1, 0.15) is 6.10 Å². The van der Waals surface area contributed by atoms with Crippen molar-refractivity contribution in [1.29, 1.82) is 0 Å². The molecule has 7 heteroatoms. The number of ether oxygens (including phenoxy) is 1. The summed E-state index contributed by atoms with van der Waals surface area (Å²) in [5.74, 6) is 1.37. The van der Waals surface area contributed by atoms with E-state index in [9.17, 15) is 9.59 Å². The Hall–Kier alpha value is -1.57. The fourth-order valence-corrected chi connectivity index (χ4v) is 3.14. The molecule has 0 spiro atoms. The lowest BCUT2D eigenvalue weighted by molar-refractivity contribution is -0.124. The van der Waals surface area contributed by atoms with Crippen LogP contribution >= 0.6 is 11.8 Å². The lowest BCUT2D eigenvalue weighted by atomic mass is 10.1. The third-order valence-electron chi connectivity index (χ3n) is 3.59. The number of hydrogen-bond acceptors (Lipinski definition) is 5. The number of carbonyl (C=O) groups excluding carboxylic acids is 2. The van der Waals surface area contributed by atoms with Crippen molar-refractivity contribution < 1.29 is 19.4 Å². The van der Waals surface area contributed by atoms with Gasteiger partial charge in [-0.25, -0.2) is 0 Å². The van der Waals surface area contributed by atoms with Crippen LogP contribution in [0.15, 0.2) is 24.3 Å². The van der Waals surface area contributed by atoms with Crippen LogP contribution in [-0.2, 0) is 9.53 Å². The fraction of sp³-hybridized carbons (Fsp3) is 0.529. The average molecular weight is 352 g/mol.